The molecular formula is C49H58BrF4N15O13S4. The molecule has 86 heavy (non-hydrogen) atoms. The number of halogens is 5. The highest BCUT2D eigenvalue weighted by atomic mass is 79.9. The largest absolute Gasteiger partial charge is 0.396 e. The van der Waals surface area contributed by atoms with Gasteiger partial charge in [0.1, 0.15) is 0 Å². The van der Waals surface area contributed by atoms with Crippen LogP contribution >= 0.6 is 15.9 Å². The molecule has 466 valence electrons. The van der Waals surface area contributed by atoms with E-state index in [2.05, 4.69) is 73.2 Å². The summed E-state index contributed by atoms with van der Waals surface area (Å²) < 4.78 is 145. The highest BCUT2D eigenvalue weighted by molar-refractivity contribution is 9.10. The number of nitrogens with one attached hydrogen (secondary N) is 6. The minimum Gasteiger partial charge on any atom is -0.396 e. The first-order valence-electron chi connectivity index (χ1n) is 24.4. The standard InChI is InChI=1S/C28H34FN9O3S.C7H7FN2O4S.C7H9FN2O2S.C6H3BrFNO2.CH5NO2S/c1-5-22(38-13-11-37(3)12-14-38)27(39)35-26-25-18(9-10-30-26)19(16-31-25)24-17(2)15-32-28(34-24)33-20-7-6-8-21(23(20)29)36-42(4,40)41;1-15(13,14)9-5-3-2-4-6(7(5)8)10(11)12;1-13(11,12)10-6-4-2-3-5(9)7(6)8;7-4-2-1-3-5(6(4)8)9(10)11;1-5(2,3)4/h6-10,15-16,22,31,36H,5,11-14H2,1-4H3,(H,30,35,39)(H,32,33,34);2-4,9H,1H3;2-4,10H,9H2,1H3;1-3H;1H3,(H2,2,3,4). The highest BCUT2D eigenvalue weighted by Crippen LogP contribution is 2.34. The summed E-state index contributed by atoms with van der Waals surface area (Å²) in [6.07, 6.45) is 9.38. The molecule has 0 bridgehead atoms. The number of nitrogens with two attached hydrogens (primary N) is 2. The first-order valence-corrected chi connectivity index (χ1v) is 32.9. The number of fused-ring (bicyclic) bond motifs is 1. The fourth-order valence-electron chi connectivity index (χ4n) is 7.49. The van der Waals surface area contributed by atoms with Crippen LogP contribution in [0.3, 0.4) is 0 Å². The van der Waals surface area contributed by atoms with E-state index in [9.17, 15) is 71.9 Å². The number of nitro groups is 2. The number of benzene rings is 4. The third kappa shape index (κ3) is 22.0. The van der Waals surface area contributed by atoms with Gasteiger partial charge in [-0.3, -0.25) is 44.1 Å². The molecule has 1 atom stereocenters. The zero-order chi connectivity index (χ0) is 64.6. The maximum Gasteiger partial charge on any atom is 0.306 e. The average molecular weight is 1350 g/mol. The molecular weight excluding hydrogens is 1290 g/mol. The number of aromatic amines is 1. The number of anilines is 7. The van der Waals surface area contributed by atoms with Crippen molar-refractivity contribution in [1.82, 2.24) is 29.7 Å². The lowest BCUT2D eigenvalue weighted by Gasteiger charge is -2.36. The first-order chi connectivity index (χ1) is 39.9. The van der Waals surface area contributed by atoms with Crippen molar-refractivity contribution in [2.75, 3.05) is 88.8 Å². The molecule has 8 rings (SSSR count). The summed E-state index contributed by atoms with van der Waals surface area (Å²) in [5.74, 6) is -3.12. The molecule has 3 aromatic heterocycles. The van der Waals surface area contributed by atoms with Gasteiger partial charge in [-0.2, -0.15) is 8.78 Å². The predicted molar refractivity (Wildman–Crippen MR) is 322 cm³/mol. The van der Waals surface area contributed by atoms with Gasteiger partial charge in [0, 0.05) is 67.9 Å². The second-order valence-electron chi connectivity index (χ2n) is 18.4. The van der Waals surface area contributed by atoms with Crippen LogP contribution in [0.25, 0.3) is 22.2 Å². The predicted octanol–water partition coefficient (Wildman–Crippen LogP) is 6.83. The first kappa shape index (κ1) is 70.3. The molecule has 1 saturated heterocycles. The Labute approximate surface area is 499 Å². The van der Waals surface area contributed by atoms with Crippen LogP contribution in [0.15, 0.2) is 102 Å². The maximum absolute atomic E-state index is 15.0. The monoisotopic (exact) mass is 1350 g/mol. The molecule has 4 aromatic carbocycles. The van der Waals surface area contributed by atoms with E-state index < -0.39 is 90.3 Å². The molecule has 7 aromatic rings. The van der Waals surface area contributed by atoms with Crippen molar-refractivity contribution in [3.63, 3.8) is 0 Å². The minimum absolute atomic E-state index is 0.0115. The van der Waals surface area contributed by atoms with Crippen LogP contribution in [-0.4, -0.2) is 143 Å². The van der Waals surface area contributed by atoms with Crippen LogP contribution in [0.5, 0.6) is 0 Å². The van der Waals surface area contributed by atoms with E-state index in [0.717, 1.165) is 85.9 Å². The maximum atomic E-state index is 15.0. The molecule has 37 heteroatoms. The van der Waals surface area contributed by atoms with E-state index in [1.165, 1.54) is 54.6 Å². The van der Waals surface area contributed by atoms with Gasteiger partial charge in [0.05, 0.1) is 85.0 Å². The number of pyridine rings is 1. The Morgan fingerprint density at radius 1 is 0.721 bits per heavy atom. The van der Waals surface area contributed by atoms with Crippen molar-refractivity contribution < 1.29 is 65.9 Å². The number of nitrogen functional groups attached to an aromatic ring is 1. The van der Waals surface area contributed by atoms with Gasteiger partial charge in [0.2, 0.25) is 63.6 Å². The van der Waals surface area contributed by atoms with Gasteiger partial charge in [0.25, 0.3) is 0 Å². The zero-order valence-electron chi connectivity index (χ0n) is 46.5. The number of hydrogen-bond acceptors (Lipinski definition) is 20. The summed E-state index contributed by atoms with van der Waals surface area (Å²) in [5.41, 5.74) is 5.88. The van der Waals surface area contributed by atoms with Gasteiger partial charge >= 0.3 is 11.4 Å². The zero-order valence-corrected chi connectivity index (χ0v) is 51.3. The number of carbonyl (C=O) groups excluding carboxylic acids is 1. The highest BCUT2D eigenvalue weighted by Gasteiger charge is 2.28. The summed E-state index contributed by atoms with van der Waals surface area (Å²) in [5, 5.41) is 31.4. The summed E-state index contributed by atoms with van der Waals surface area (Å²) in [7, 11) is -11.9. The van der Waals surface area contributed by atoms with E-state index in [0.29, 0.717) is 23.4 Å². The lowest BCUT2D eigenvalue weighted by atomic mass is 10.1. The number of aryl methyl sites for hydroxylation is 1. The van der Waals surface area contributed by atoms with Gasteiger partial charge in [-0.05, 0) is 84.4 Å². The molecule has 1 unspecified atom stereocenters. The number of rotatable bonds is 15. The molecule has 28 nitrogen and oxygen atoms in total. The average Bonchev–Trinajstić information content (AvgIpc) is 1.94. The third-order valence-corrected chi connectivity index (χ3v) is 13.6. The Kier molecular flexibility index (Phi) is 24.7. The molecule has 1 fully saturated rings. The summed E-state index contributed by atoms with van der Waals surface area (Å²) in [4.78, 5) is 53.2. The number of H-pyrrole nitrogens is 1. The fourth-order valence-corrected chi connectivity index (χ4v) is 9.52. The molecule has 1 amide bonds. The summed E-state index contributed by atoms with van der Waals surface area (Å²) in [6.45, 7) is 7.37. The molecule has 1 aliphatic rings. The van der Waals surface area contributed by atoms with Gasteiger partial charge in [-0.1, -0.05) is 31.2 Å². The summed E-state index contributed by atoms with van der Waals surface area (Å²) in [6, 6.07) is 17.2. The Hall–Kier alpha value is -8.20. The van der Waals surface area contributed by atoms with Crippen molar-refractivity contribution in [3.05, 3.63) is 151 Å². The Morgan fingerprint density at radius 3 is 1.71 bits per heavy atom. The Bertz CT molecular complexity index is 4070. The quantitative estimate of drug-likeness (QED) is 0.0225. The fraction of sp³-hybridized carbons (Fsp3) is 0.265. The van der Waals surface area contributed by atoms with E-state index in [1.54, 1.807) is 18.6 Å². The Balaban J connectivity index is 0.000000290. The van der Waals surface area contributed by atoms with Crippen molar-refractivity contribution in [2.24, 2.45) is 5.14 Å². The van der Waals surface area contributed by atoms with Crippen molar-refractivity contribution >= 4 is 124 Å². The number of amides is 1. The smallest absolute Gasteiger partial charge is 0.306 e. The second-order valence-corrected chi connectivity index (χ2v) is 26.2. The molecule has 0 radical (unpaired) electrons. The van der Waals surface area contributed by atoms with Crippen LogP contribution in [0.2, 0.25) is 0 Å². The molecule has 10 N–H and O–H groups in total. The van der Waals surface area contributed by atoms with Crippen LogP contribution in [-0.2, 0) is 44.9 Å². The SMILES string of the molecule is CCC(C(=O)Nc1nccc2c(-c3nc(Nc4cccc(NS(C)(=O)=O)c4F)ncc3C)c[nH]c12)N1CCN(C)CC1.CS(=O)(=O)Nc1cccc(N)c1F.CS(=O)(=O)Nc1cccc([N+](=O)[O-])c1F.CS(N)(=O)=O.O=[N+]([O-])c1cccc(Br)c1F. The third-order valence-electron chi connectivity index (χ3n) is 11.2. The number of piperazine rings is 1. The lowest BCUT2D eigenvalue weighted by molar-refractivity contribution is -0.387. The molecule has 0 aliphatic carbocycles. The van der Waals surface area contributed by atoms with E-state index in [1.807, 2.05) is 29.4 Å². The number of primary sulfonamides is 1. The number of hydrogen-bond donors (Lipinski definition) is 8. The second kappa shape index (κ2) is 30.2. The number of nitro benzene ring substituents is 2. The number of likely N-dealkylation sites (N-methyl/N-ethyl adjacent to an activating group) is 1. The number of sulfonamides is 4. The molecule has 0 spiro atoms. The lowest BCUT2D eigenvalue weighted by Crippen LogP contribution is -2.52. The summed E-state index contributed by atoms with van der Waals surface area (Å²) >= 11 is 2.83. The molecule has 0 saturated carbocycles. The van der Waals surface area contributed by atoms with Gasteiger partial charge in [-0.25, -0.2) is 62.5 Å². The van der Waals surface area contributed by atoms with E-state index in [4.69, 9.17) is 5.73 Å². The van der Waals surface area contributed by atoms with Gasteiger partial charge in [-0.15, -0.1) is 0 Å². The van der Waals surface area contributed by atoms with Gasteiger partial charge in [0.15, 0.2) is 17.5 Å². The normalized spacial score (nSPS) is 13.1. The van der Waals surface area contributed by atoms with E-state index in [-0.39, 0.29) is 45.1 Å². The van der Waals surface area contributed by atoms with Crippen LogP contribution in [0.4, 0.5) is 69.1 Å². The minimum atomic E-state index is -3.67. The topological polar surface area (TPSA) is 413 Å². The number of nitrogens with zero attached hydrogens (tertiary/aromatic N) is 7. The Morgan fingerprint density at radius 2 is 1.20 bits per heavy atom. The van der Waals surface area contributed by atoms with Crippen molar-refractivity contribution in [3.8, 4) is 11.3 Å². The molecule has 1 aliphatic heterocycles. The number of aromatic nitrogens is 4. The molecule has 4 heterocycles. The van der Waals surface area contributed by atoms with Gasteiger partial charge < -0.3 is 26.3 Å². The van der Waals surface area contributed by atoms with Crippen LogP contribution in [0, 0.1) is 50.4 Å². The van der Waals surface area contributed by atoms with Crippen LogP contribution < -0.4 is 35.7 Å². The van der Waals surface area contributed by atoms with Crippen LogP contribution in [0.1, 0.15) is 18.9 Å². The van der Waals surface area contributed by atoms with Crippen molar-refractivity contribution in [1.29, 1.82) is 0 Å². The van der Waals surface area contributed by atoms with E-state index >= 15 is 4.39 Å². The van der Waals surface area contributed by atoms with Crippen molar-refractivity contribution in [2.45, 2.75) is 26.3 Å². The number of carbonyl (C=O) groups is 1.